The highest BCUT2D eigenvalue weighted by atomic mass is 16.3. The Bertz CT molecular complexity index is 665. The first-order chi connectivity index (χ1) is 8.57. The Balaban J connectivity index is 2.80. The molecule has 2 heterocycles. The van der Waals surface area contributed by atoms with Gasteiger partial charge in [0.15, 0.2) is 0 Å². The van der Waals surface area contributed by atoms with Crippen molar-refractivity contribution in [3.05, 3.63) is 29.6 Å². The number of ketones is 1. The summed E-state index contributed by atoms with van der Waals surface area (Å²) in [5.41, 5.74) is 1.73. The van der Waals surface area contributed by atoms with Gasteiger partial charge in [0.2, 0.25) is 11.5 Å². The van der Waals surface area contributed by atoms with Crippen LogP contribution in [0.2, 0.25) is 0 Å². The molecule has 0 saturated heterocycles. The lowest BCUT2D eigenvalue weighted by Gasteiger charge is -2.03. The summed E-state index contributed by atoms with van der Waals surface area (Å²) in [4.78, 5) is 11.6. The fourth-order valence-corrected chi connectivity index (χ4v) is 2.15. The van der Waals surface area contributed by atoms with E-state index in [0.29, 0.717) is 12.2 Å². The summed E-state index contributed by atoms with van der Waals surface area (Å²) in [5, 5.41) is 20.8. The van der Waals surface area contributed by atoms with Crippen molar-refractivity contribution in [1.82, 2.24) is 4.40 Å². The van der Waals surface area contributed by atoms with Crippen LogP contribution in [0.4, 0.5) is 0 Å². The van der Waals surface area contributed by atoms with Gasteiger partial charge in [-0.25, -0.2) is 4.57 Å². The summed E-state index contributed by atoms with van der Waals surface area (Å²) in [6, 6.07) is 5.68. The van der Waals surface area contributed by atoms with Gasteiger partial charge in [0, 0.05) is 12.5 Å². The molecular formula is C13H13N3O2. The van der Waals surface area contributed by atoms with Crippen molar-refractivity contribution in [1.29, 1.82) is 5.26 Å². The molecule has 0 aliphatic carbocycles. The second-order valence-corrected chi connectivity index (χ2v) is 4.15. The van der Waals surface area contributed by atoms with Crippen LogP contribution in [0, 0.1) is 18.3 Å². The highest BCUT2D eigenvalue weighted by Gasteiger charge is 2.23. The Labute approximate surface area is 105 Å². The molecule has 92 valence electrons. The van der Waals surface area contributed by atoms with Crippen LogP contribution in [0.25, 0.3) is 5.65 Å². The summed E-state index contributed by atoms with van der Waals surface area (Å²) >= 11 is 0. The van der Waals surface area contributed by atoms with Gasteiger partial charge >= 0.3 is 0 Å². The Morgan fingerprint density at radius 1 is 1.61 bits per heavy atom. The minimum atomic E-state index is -0.327. The van der Waals surface area contributed by atoms with Gasteiger partial charge in [0.05, 0.1) is 18.7 Å². The van der Waals surface area contributed by atoms with Crippen LogP contribution in [0.1, 0.15) is 29.4 Å². The molecule has 0 aliphatic heterocycles. The predicted octanol–water partition coefficient (Wildman–Crippen LogP) is 0.725. The van der Waals surface area contributed by atoms with Crippen molar-refractivity contribution in [2.24, 2.45) is 0 Å². The number of aryl methyl sites for hydroxylation is 2. The van der Waals surface area contributed by atoms with E-state index in [-0.39, 0.29) is 23.8 Å². The molecule has 18 heavy (non-hydrogen) atoms. The molecule has 0 aliphatic rings. The van der Waals surface area contributed by atoms with Gasteiger partial charge < -0.3 is 5.11 Å². The summed E-state index contributed by atoms with van der Waals surface area (Å²) in [6.45, 7) is 3.55. The maximum atomic E-state index is 12.2. The van der Waals surface area contributed by atoms with E-state index in [9.17, 15) is 9.90 Å². The number of rotatable bonds is 3. The van der Waals surface area contributed by atoms with E-state index in [1.165, 1.54) is 11.5 Å². The lowest BCUT2D eigenvalue weighted by atomic mass is 10.3. The average Bonchev–Trinajstić information content (AvgIpc) is 2.60. The molecule has 5 nitrogen and oxygen atoms in total. The molecule has 0 N–H and O–H groups in total. The highest BCUT2D eigenvalue weighted by molar-refractivity contribution is 5.94. The topological polar surface area (TPSA) is 72.2 Å². The fourth-order valence-electron chi connectivity index (χ4n) is 2.15. The van der Waals surface area contributed by atoms with E-state index in [4.69, 9.17) is 5.26 Å². The summed E-state index contributed by atoms with van der Waals surface area (Å²) in [5.74, 6) is -0.594. The lowest BCUT2D eigenvalue weighted by molar-refractivity contribution is -0.711. The van der Waals surface area contributed by atoms with E-state index in [1.54, 1.807) is 16.7 Å². The quantitative estimate of drug-likeness (QED) is 0.589. The zero-order valence-corrected chi connectivity index (χ0v) is 10.3. The highest BCUT2D eigenvalue weighted by Crippen LogP contribution is 2.17. The summed E-state index contributed by atoms with van der Waals surface area (Å²) in [7, 11) is 0. The third-order valence-electron chi connectivity index (χ3n) is 2.89. The monoisotopic (exact) mass is 243 g/mol. The van der Waals surface area contributed by atoms with Crippen molar-refractivity contribution >= 4 is 11.4 Å². The largest absolute Gasteiger partial charge is 0.839 e. The van der Waals surface area contributed by atoms with E-state index in [1.807, 2.05) is 19.1 Å². The molecule has 0 bridgehead atoms. The number of imidazole rings is 1. The number of Topliss-reactive ketones (excluding diaryl/α,β-unsaturated/α-hetero) is 1. The smallest absolute Gasteiger partial charge is 0.289 e. The number of nitrogens with zero attached hydrogens (tertiary/aromatic N) is 3. The average molecular weight is 243 g/mol. The standard InChI is InChI=1S/C13H13N3O2/c1-9-5-3-7-15-11(10(2)17)13(18)16(12(9)15)8-4-6-14/h3,5,7H,4,8H2,1-2H3. The van der Waals surface area contributed by atoms with Gasteiger partial charge in [-0.2, -0.15) is 9.66 Å². The first kappa shape index (κ1) is 12.1. The van der Waals surface area contributed by atoms with Crippen LogP contribution in [0.15, 0.2) is 18.3 Å². The Kier molecular flexibility index (Phi) is 3.02. The van der Waals surface area contributed by atoms with Gasteiger partial charge in [-0.05, 0) is 19.1 Å². The predicted molar refractivity (Wildman–Crippen MR) is 62.0 cm³/mol. The Hall–Kier alpha value is -2.35. The first-order valence-corrected chi connectivity index (χ1v) is 5.66. The van der Waals surface area contributed by atoms with Crippen LogP contribution >= 0.6 is 0 Å². The lowest BCUT2D eigenvalue weighted by Crippen LogP contribution is -2.36. The van der Waals surface area contributed by atoms with Crippen molar-refractivity contribution < 1.29 is 14.5 Å². The molecule has 0 spiro atoms. The van der Waals surface area contributed by atoms with Crippen LogP contribution in [-0.2, 0) is 6.54 Å². The zero-order valence-electron chi connectivity index (χ0n) is 10.3. The number of aromatic nitrogens is 2. The molecule has 0 aromatic carbocycles. The Morgan fingerprint density at radius 3 is 2.94 bits per heavy atom. The second-order valence-electron chi connectivity index (χ2n) is 4.15. The minimum absolute atomic E-state index is 0.145. The fraction of sp³-hybridized carbons (Fsp3) is 0.308. The first-order valence-electron chi connectivity index (χ1n) is 5.66. The van der Waals surface area contributed by atoms with E-state index in [2.05, 4.69) is 0 Å². The van der Waals surface area contributed by atoms with Crippen LogP contribution in [-0.4, -0.2) is 10.2 Å². The molecule has 2 rings (SSSR count). The number of hydrogen-bond donors (Lipinski definition) is 0. The van der Waals surface area contributed by atoms with Gasteiger partial charge in [-0.3, -0.25) is 4.79 Å². The molecule has 2 aromatic heterocycles. The molecule has 0 unspecified atom stereocenters. The van der Waals surface area contributed by atoms with Crippen molar-refractivity contribution in [3.8, 4) is 11.9 Å². The molecule has 0 atom stereocenters. The number of fused-ring (bicyclic) bond motifs is 1. The van der Waals surface area contributed by atoms with Crippen molar-refractivity contribution in [2.75, 3.05) is 0 Å². The normalized spacial score (nSPS) is 10.5. The minimum Gasteiger partial charge on any atom is -0.839 e. The van der Waals surface area contributed by atoms with Crippen molar-refractivity contribution in [3.63, 3.8) is 0 Å². The summed E-state index contributed by atoms with van der Waals surface area (Å²) < 4.78 is 3.10. The molecule has 0 saturated carbocycles. The maximum Gasteiger partial charge on any atom is 0.289 e. The number of carbonyl (C=O) groups excluding carboxylic acids is 1. The van der Waals surface area contributed by atoms with Crippen LogP contribution < -0.4 is 9.67 Å². The number of carbonyl (C=O) groups is 1. The van der Waals surface area contributed by atoms with E-state index >= 15 is 0 Å². The van der Waals surface area contributed by atoms with Gasteiger partial charge in [-0.1, -0.05) is 0 Å². The third kappa shape index (κ3) is 1.72. The number of pyridine rings is 1. The molecule has 0 radical (unpaired) electrons. The van der Waals surface area contributed by atoms with Gasteiger partial charge in [-0.15, -0.1) is 0 Å². The van der Waals surface area contributed by atoms with Crippen LogP contribution in [0.5, 0.6) is 5.88 Å². The van der Waals surface area contributed by atoms with Crippen LogP contribution in [0.3, 0.4) is 0 Å². The third-order valence-corrected chi connectivity index (χ3v) is 2.89. The molecular weight excluding hydrogens is 230 g/mol. The summed E-state index contributed by atoms with van der Waals surface area (Å²) in [6.07, 6.45) is 1.94. The SMILES string of the molecule is CC(=O)c1c([O-])[n+](CCC#N)c2c(C)cccn12. The zero-order chi connectivity index (χ0) is 13.3. The second kappa shape index (κ2) is 4.49. The molecule has 5 heteroatoms. The Morgan fingerprint density at radius 2 is 2.33 bits per heavy atom. The molecule has 2 aromatic rings. The van der Waals surface area contributed by atoms with Gasteiger partial charge in [0.25, 0.3) is 5.65 Å². The van der Waals surface area contributed by atoms with Gasteiger partial charge in [0.1, 0.15) is 12.4 Å². The maximum absolute atomic E-state index is 12.2. The van der Waals surface area contributed by atoms with E-state index in [0.717, 1.165) is 5.56 Å². The molecule has 0 amide bonds. The van der Waals surface area contributed by atoms with E-state index < -0.39 is 0 Å². The van der Waals surface area contributed by atoms with Crippen molar-refractivity contribution in [2.45, 2.75) is 26.8 Å². The molecule has 0 fully saturated rings. The number of hydrogen-bond acceptors (Lipinski definition) is 3. The number of nitriles is 1.